The highest BCUT2D eigenvalue weighted by Gasteiger charge is 2.46. The number of carbonyl (C=O) groups excluding carboxylic acids is 5. The third kappa shape index (κ3) is 8.43. The Labute approximate surface area is 221 Å². The number of carbonyl (C=O) groups is 5. The molecule has 37 heavy (non-hydrogen) atoms. The fourth-order valence-electron chi connectivity index (χ4n) is 4.90. The second kappa shape index (κ2) is 11.8. The normalized spacial score (nSPS) is 22.1. The van der Waals surface area contributed by atoms with Gasteiger partial charge in [-0.1, -0.05) is 53.9 Å². The summed E-state index contributed by atoms with van der Waals surface area (Å²) in [6.45, 7) is 15.6. The van der Waals surface area contributed by atoms with Crippen molar-refractivity contribution in [2.75, 3.05) is 6.54 Å². The number of Topliss-reactive ketones (excluding diaryl/α,β-unsaturated/α-hetero) is 1. The molecule has 10 heteroatoms. The van der Waals surface area contributed by atoms with E-state index in [9.17, 15) is 24.0 Å². The quantitative estimate of drug-likeness (QED) is 0.343. The van der Waals surface area contributed by atoms with Crippen LogP contribution in [0.25, 0.3) is 0 Å². The summed E-state index contributed by atoms with van der Waals surface area (Å²) in [4.78, 5) is 65.8. The molecule has 1 saturated heterocycles. The van der Waals surface area contributed by atoms with Gasteiger partial charge in [0, 0.05) is 12.1 Å². The van der Waals surface area contributed by atoms with Crippen LogP contribution < -0.4 is 21.7 Å². The van der Waals surface area contributed by atoms with Crippen molar-refractivity contribution in [1.29, 1.82) is 0 Å². The maximum atomic E-state index is 13.9. The Morgan fingerprint density at radius 3 is 2.00 bits per heavy atom. The van der Waals surface area contributed by atoms with Crippen molar-refractivity contribution in [3.8, 4) is 0 Å². The first kappa shape index (κ1) is 30.6. The van der Waals surface area contributed by atoms with E-state index in [0.717, 1.165) is 19.3 Å². The molecule has 0 aromatic rings. The highest BCUT2D eigenvalue weighted by atomic mass is 16.2. The van der Waals surface area contributed by atoms with Crippen molar-refractivity contribution in [2.24, 2.45) is 28.9 Å². The summed E-state index contributed by atoms with van der Waals surface area (Å²) in [6.07, 6.45) is 3.73. The van der Waals surface area contributed by atoms with Gasteiger partial charge in [-0.2, -0.15) is 0 Å². The molecule has 0 spiro atoms. The Kier molecular flexibility index (Phi) is 9.76. The van der Waals surface area contributed by atoms with E-state index in [4.69, 9.17) is 5.73 Å². The number of ketones is 1. The van der Waals surface area contributed by atoms with Gasteiger partial charge in [-0.15, -0.1) is 0 Å². The van der Waals surface area contributed by atoms with Crippen LogP contribution in [0.1, 0.15) is 87.5 Å². The lowest BCUT2D eigenvalue weighted by molar-refractivity contribution is -0.143. The predicted molar refractivity (Wildman–Crippen MR) is 141 cm³/mol. The van der Waals surface area contributed by atoms with Gasteiger partial charge in [-0.3, -0.25) is 19.2 Å². The smallest absolute Gasteiger partial charge is 0.315 e. The molecule has 2 fully saturated rings. The van der Waals surface area contributed by atoms with Crippen molar-refractivity contribution in [3.63, 3.8) is 0 Å². The van der Waals surface area contributed by atoms with Gasteiger partial charge in [0.25, 0.3) is 5.91 Å². The Hall–Kier alpha value is -2.65. The number of hydrogen-bond donors (Lipinski definition) is 4. The molecule has 1 heterocycles. The summed E-state index contributed by atoms with van der Waals surface area (Å²) in [6, 6.07) is -3.16. The number of nitrogens with zero attached hydrogens (tertiary/aromatic N) is 1. The first-order valence-corrected chi connectivity index (χ1v) is 13.4. The molecule has 4 atom stereocenters. The molecule has 0 aromatic heterocycles. The molecule has 0 bridgehead atoms. The molecule has 2 aliphatic rings. The van der Waals surface area contributed by atoms with E-state index in [1.807, 2.05) is 55.4 Å². The monoisotopic (exact) mass is 521 g/mol. The second-order valence-corrected chi connectivity index (χ2v) is 13.2. The zero-order valence-corrected chi connectivity index (χ0v) is 23.8. The topological polar surface area (TPSA) is 151 Å². The van der Waals surface area contributed by atoms with Crippen molar-refractivity contribution < 1.29 is 24.0 Å². The molecule has 1 aliphatic heterocycles. The Balaban J connectivity index is 2.29. The molecule has 2 rings (SSSR count). The average Bonchev–Trinajstić information content (AvgIpc) is 3.16. The standard InChI is InChI=1S/C27H47N5O5/c1-15(2)17-13-19(23(35)29-18(20(33)22(28)34)12-16-10-9-11-16)32(14-17)24(36)21(26(3,4)5)30-25(37)31-27(6,7)8/h15-19,21H,9-14H2,1-8H3,(H2,28,34)(H,29,35)(H2,30,31,37)/t17?,18-,19+,21-/m1/s1. The van der Waals surface area contributed by atoms with E-state index in [1.54, 1.807) is 0 Å². The van der Waals surface area contributed by atoms with Crippen molar-refractivity contribution in [2.45, 2.75) is 111 Å². The second-order valence-electron chi connectivity index (χ2n) is 13.2. The Morgan fingerprint density at radius 2 is 1.57 bits per heavy atom. The molecule has 5 amide bonds. The molecule has 10 nitrogen and oxygen atoms in total. The van der Waals surface area contributed by atoms with Gasteiger partial charge in [0.15, 0.2) is 0 Å². The lowest BCUT2D eigenvalue weighted by Crippen LogP contribution is -2.61. The Bertz CT molecular complexity index is 885. The molecule has 1 unspecified atom stereocenters. The Morgan fingerprint density at radius 1 is 0.973 bits per heavy atom. The van der Waals surface area contributed by atoms with Gasteiger partial charge < -0.3 is 26.6 Å². The minimum Gasteiger partial charge on any atom is -0.363 e. The number of nitrogens with one attached hydrogen (secondary N) is 3. The SMILES string of the molecule is CC(C)C1C[C@@H](C(=O)N[C@H](CC2CCC2)C(=O)C(N)=O)N(C(=O)[C@@H](NC(=O)NC(C)(C)C)C(C)(C)C)C1. The number of urea groups is 1. The number of amides is 5. The van der Waals surface area contributed by atoms with Crippen LogP contribution in [0.4, 0.5) is 4.79 Å². The third-order valence-corrected chi connectivity index (χ3v) is 7.41. The molecular formula is C27H47N5O5. The zero-order valence-electron chi connectivity index (χ0n) is 23.8. The molecule has 1 aliphatic carbocycles. The van der Waals surface area contributed by atoms with Gasteiger partial charge in [-0.05, 0) is 56.8 Å². The maximum Gasteiger partial charge on any atom is 0.315 e. The zero-order chi connectivity index (χ0) is 28.3. The van der Waals surface area contributed by atoms with Crippen LogP contribution in [0, 0.1) is 23.2 Å². The average molecular weight is 522 g/mol. The fourth-order valence-corrected chi connectivity index (χ4v) is 4.90. The molecule has 5 N–H and O–H groups in total. The lowest BCUT2D eigenvalue weighted by atomic mass is 9.80. The van der Waals surface area contributed by atoms with Crippen LogP contribution in [0.2, 0.25) is 0 Å². The van der Waals surface area contributed by atoms with Crippen LogP contribution in [0.15, 0.2) is 0 Å². The molecule has 0 aromatic carbocycles. The van der Waals surface area contributed by atoms with E-state index in [0.29, 0.717) is 19.4 Å². The van der Waals surface area contributed by atoms with Crippen LogP contribution >= 0.6 is 0 Å². The summed E-state index contributed by atoms with van der Waals surface area (Å²) in [5, 5.41) is 8.40. The first-order chi connectivity index (χ1) is 16.9. The van der Waals surface area contributed by atoms with Crippen LogP contribution in [-0.4, -0.2) is 64.6 Å². The van der Waals surface area contributed by atoms with E-state index < -0.39 is 52.7 Å². The van der Waals surface area contributed by atoms with Crippen molar-refractivity contribution >= 4 is 29.5 Å². The maximum absolute atomic E-state index is 13.9. The highest BCUT2D eigenvalue weighted by molar-refractivity contribution is 6.37. The van der Waals surface area contributed by atoms with Gasteiger partial charge in [0.05, 0.1) is 6.04 Å². The summed E-state index contributed by atoms with van der Waals surface area (Å²) in [5.74, 6) is -2.17. The van der Waals surface area contributed by atoms with Crippen molar-refractivity contribution in [3.05, 3.63) is 0 Å². The van der Waals surface area contributed by atoms with Crippen LogP contribution in [0.5, 0.6) is 0 Å². The summed E-state index contributed by atoms with van der Waals surface area (Å²) in [5.41, 5.74) is 4.15. The fraction of sp³-hybridized carbons (Fsp3) is 0.815. The van der Waals surface area contributed by atoms with Crippen molar-refractivity contribution in [1.82, 2.24) is 20.9 Å². The highest BCUT2D eigenvalue weighted by Crippen LogP contribution is 2.33. The van der Waals surface area contributed by atoms with Gasteiger partial charge in [0.2, 0.25) is 17.6 Å². The summed E-state index contributed by atoms with van der Waals surface area (Å²) >= 11 is 0. The minimum atomic E-state index is -1.08. The van der Waals surface area contributed by atoms with Gasteiger partial charge in [-0.25, -0.2) is 4.79 Å². The van der Waals surface area contributed by atoms with Gasteiger partial charge in [0.1, 0.15) is 12.1 Å². The van der Waals surface area contributed by atoms with Crippen LogP contribution in [-0.2, 0) is 19.2 Å². The molecule has 0 radical (unpaired) electrons. The molecule has 210 valence electrons. The molecule has 1 saturated carbocycles. The van der Waals surface area contributed by atoms with E-state index >= 15 is 0 Å². The summed E-state index contributed by atoms with van der Waals surface area (Å²) in [7, 11) is 0. The summed E-state index contributed by atoms with van der Waals surface area (Å²) < 4.78 is 0. The predicted octanol–water partition coefficient (Wildman–Crippen LogP) is 2.10. The number of rotatable bonds is 9. The minimum absolute atomic E-state index is 0.0700. The number of primary amides is 1. The third-order valence-electron chi connectivity index (χ3n) is 7.41. The number of nitrogens with two attached hydrogens (primary N) is 1. The van der Waals surface area contributed by atoms with E-state index in [-0.39, 0.29) is 23.7 Å². The number of hydrogen-bond acceptors (Lipinski definition) is 5. The van der Waals surface area contributed by atoms with E-state index in [1.165, 1.54) is 4.90 Å². The number of likely N-dealkylation sites (tertiary alicyclic amines) is 1. The largest absolute Gasteiger partial charge is 0.363 e. The van der Waals surface area contributed by atoms with Gasteiger partial charge >= 0.3 is 6.03 Å². The molecular weight excluding hydrogens is 474 g/mol. The van der Waals surface area contributed by atoms with Crippen LogP contribution in [0.3, 0.4) is 0 Å². The lowest BCUT2D eigenvalue weighted by Gasteiger charge is -2.36. The first-order valence-electron chi connectivity index (χ1n) is 13.4. The van der Waals surface area contributed by atoms with E-state index in [2.05, 4.69) is 16.0 Å².